The molecule has 0 saturated carbocycles. The zero-order valence-corrected chi connectivity index (χ0v) is 32.2. The number of amides is 4. The number of fused-ring (bicyclic) bond motifs is 3. The summed E-state index contributed by atoms with van der Waals surface area (Å²) in [7, 11) is 0. The highest BCUT2D eigenvalue weighted by Gasteiger charge is 2.42. The van der Waals surface area contributed by atoms with Crippen LogP contribution in [0.2, 0.25) is 5.02 Å². The summed E-state index contributed by atoms with van der Waals surface area (Å²) in [4.78, 5) is 53.9. The minimum atomic E-state index is -1.30. The molecule has 0 aromatic heterocycles. The number of rotatable bonds is 14. The third-order valence-electron chi connectivity index (χ3n) is 10.8. The van der Waals surface area contributed by atoms with Crippen molar-refractivity contribution in [3.05, 3.63) is 166 Å². The van der Waals surface area contributed by atoms with Gasteiger partial charge in [-0.25, -0.2) is 9.59 Å². The second-order valence-corrected chi connectivity index (χ2v) is 15.1. The monoisotopic (exact) mass is 784 g/mol. The predicted octanol–water partition coefficient (Wildman–Crippen LogP) is 7.72. The van der Waals surface area contributed by atoms with Crippen LogP contribution in [-0.2, 0) is 40.3 Å². The van der Waals surface area contributed by atoms with Crippen molar-refractivity contribution >= 4 is 35.6 Å². The Bertz CT molecular complexity index is 2150. The molecule has 4 amide bonds. The minimum absolute atomic E-state index is 0.0197. The molecule has 292 valence electrons. The van der Waals surface area contributed by atoms with Crippen LogP contribution in [0.5, 0.6) is 0 Å². The van der Waals surface area contributed by atoms with E-state index in [4.69, 9.17) is 16.3 Å². The van der Waals surface area contributed by atoms with Gasteiger partial charge in [0.2, 0.25) is 11.8 Å². The van der Waals surface area contributed by atoms with Crippen LogP contribution in [0.3, 0.4) is 0 Å². The van der Waals surface area contributed by atoms with Gasteiger partial charge in [0.05, 0.1) is 0 Å². The lowest BCUT2D eigenvalue weighted by molar-refractivity contribution is -0.140. The summed E-state index contributed by atoms with van der Waals surface area (Å²) in [5, 5.41) is 18.5. The van der Waals surface area contributed by atoms with Gasteiger partial charge >= 0.3 is 12.2 Å². The van der Waals surface area contributed by atoms with Gasteiger partial charge in [0.25, 0.3) is 0 Å². The summed E-state index contributed by atoms with van der Waals surface area (Å²) in [6, 6.07) is 39.2. The van der Waals surface area contributed by atoms with E-state index in [1.165, 1.54) is 11.1 Å². The molecule has 0 spiro atoms. The fourth-order valence-corrected chi connectivity index (χ4v) is 8.11. The van der Waals surface area contributed by atoms with Crippen LogP contribution in [0.1, 0.15) is 52.1 Å². The third-order valence-corrected chi connectivity index (χ3v) is 11.1. The van der Waals surface area contributed by atoms with Gasteiger partial charge in [0.15, 0.2) is 0 Å². The molecular weight excluding hydrogens is 740 g/mol. The molecule has 7 rings (SSSR count). The zero-order valence-electron chi connectivity index (χ0n) is 31.4. The molecule has 0 unspecified atom stereocenters. The number of halogens is 1. The largest absolute Gasteiger partial charge is 0.465 e. The van der Waals surface area contributed by atoms with Crippen LogP contribution < -0.4 is 16.0 Å². The molecule has 0 radical (unpaired) electrons. The number of hydrogen-bond donors (Lipinski definition) is 4. The molecule has 3 atom stereocenters. The standard InChI is InChI=1S/C46H45ClN4O6/c47-35-21-18-31(19-22-35)24-34-25-42(51(28-34)44(53)41(50-45(54)55)23-20-30-8-2-1-3-9-30)43(52)48-26-32-14-16-33(17-15-32)27-49-46(56)57-29-40-38-12-6-4-10-36(38)37-11-5-7-13-39(37)40/h1-19,21-22,34,40-42,50H,20,23-29H2,(H,48,52)(H,49,56)(H,54,55)/t34-,41-,42+/m1/s1. The Morgan fingerprint density at radius 1 is 0.719 bits per heavy atom. The Balaban J connectivity index is 0.942. The number of nitrogens with zero attached hydrogens (tertiary/aromatic N) is 1. The van der Waals surface area contributed by atoms with Crippen LogP contribution in [0, 0.1) is 5.92 Å². The van der Waals surface area contributed by atoms with E-state index in [2.05, 4.69) is 40.2 Å². The van der Waals surface area contributed by atoms with Crippen molar-refractivity contribution in [2.75, 3.05) is 13.2 Å². The second-order valence-electron chi connectivity index (χ2n) is 14.7. The van der Waals surface area contributed by atoms with Gasteiger partial charge in [0.1, 0.15) is 18.7 Å². The van der Waals surface area contributed by atoms with Gasteiger partial charge in [-0.05, 0) is 88.2 Å². The van der Waals surface area contributed by atoms with Crippen LogP contribution in [0.4, 0.5) is 9.59 Å². The van der Waals surface area contributed by atoms with E-state index in [-0.39, 0.29) is 43.9 Å². The van der Waals surface area contributed by atoms with E-state index >= 15 is 0 Å². The highest BCUT2D eigenvalue weighted by atomic mass is 35.5. The summed E-state index contributed by atoms with van der Waals surface area (Å²) >= 11 is 6.11. The van der Waals surface area contributed by atoms with Gasteiger partial charge < -0.3 is 30.7 Å². The molecule has 5 aromatic carbocycles. The maximum absolute atomic E-state index is 14.1. The van der Waals surface area contributed by atoms with E-state index < -0.39 is 30.2 Å². The number of carbonyl (C=O) groups excluding carboxylic acids is 3. The Morgan fingerprint density at radius 3 is 1.93 bits per heavy atom. The lowest BCUT2D eigenvalue weighted by atomic mass is 9.96. The molecular formula is C46H45ClN4O6. The summed E-state index contributed by atoms with van der Waals surface area (Å²) in [6.45, 7) is 1.04. The molecule has 1 aliphatic heterocycles. The number of carboxylic acid groups (broad SMARTS) is 1. The topological polar surface area (TPSA) is 137 Å². The first kappa shape index (κ1) is 39.1. The van der Waals surface area contributed by atoms with Crippen LogP contribution in [0.25, 0.3) is 11.1 Å². The first-order valence-electron chi connectivity index (χ1n) is 19.2. The van der Waals surface area contributed by atoms with Gasteiger partial charge in [-0.15, -0.1) is 0 Å². The molecule has 2 aliphatic rings. The smallest absolute Gasteiger partial charge is 0.407 e. The van der Waals surface area contributed by atoms with Crippen LogP contribution in [-0.4, -0.2) is 59.2 Å². The molecule has 1 aliphatic carbocycles. The lowest BCUT2D eigenvalue weighted by Crippen LogP contribution is -2.53. The quantitative estimate of drug-likeness (QED) is 0.0911. The SMILES string of the molecule is O=C(O)N[C@H](CCc1ccccc1)C(=O)N1C[C@H](Cc2ccc(Cl)cc2)C[C@H]1C(=O)NCc1ccc(CNC(=O)OCC2c3ccccc3-c3ccccc32)cc1. The average Bonchev–Trinajstić information content (AvgIpc) is 3.80. The Labute approximate surface area is 337 Å². The second kappa shape index (κ2) is 18.2. The molecule has 1 heterocycles. The third kappa shape index (κ3) is 9.82. The van der Waals surface area contributed by atoms with Gasteiger partial charge in [0, 0.05) is 30.6 Å². The van der Waals surface area contributed by atoms with Gasteiger partial charge in [-0.1, -0.05) is 127 Å². The Morgan fingerprint density at radius 2 is 1.30 bits per heavy atom. The summed E-state index contributed by atoms with van der Waals surface area (Å²) in [5.41, 5.74) is 8.37. The number of aryl methyl sites for hydroxylation is 1. The molecule has 4 N–H and O–H groups in total. The molecule has 10 nitrogen and oxygen atoms in total. The van der Waals surface area contributed by atoms with Crippen molar-refractivity contribution in [2.45, 2.75) is 56.8 Å². The zero-order chi connectivity index (χ0) is 39.7. The number of hydrogen-bond acceptors (Lipinski definition) is 5. The molecule has 1 saturated heterocycles. The van der Waals surface area contributed by atoms with Crippen molar-refractivity contribution in [3.63, 3.8) is 0 Å². The summed E-state index contributed by atoms with van der Waals surface area (Å²) < 4.78 is 5.67. The van der Waals surface area contributed by atoms with E-state index in [9.17, 15) is 24.3 Å². The highest BCUT2D eigenvalue weighted by Crippen LogP contribution is 2.44. The number of ether oxygens (including phenoxy) is 1. The van der Waals surface area contributed by atoms with Crippen molar-refractivity contribution < 1.29 is 29.0 Å². The first-order valence-corrected chi connectivity index (χ1v) is 19.6. The normalized spacial score (nSPS) is 16.3. The summed E-state index contributed by atoms with van der Waals surface area (Å²) in [6.07, 6.45) is 0.0179. The van der Waals surface area contributed by atoms with E-state index in [1.807, 2.05) is 103 Å². The molecule has 11 heteroatoms. The fraction of sp³-hybridized carbons (Fsp3) is 0.261. The van der Waals surface area contributed by atoms with Crippen molar-refractivity contribution in [2.24, 2.45) is 5.92 Å². The van der Waals surface area contributed by atoms with Gasteiger partial charge in [-0.3, -0.25) is 9.59 Å². The molecule has 57 heavy (non-hydrogen) atoms. The van der Waals surface area contributed by atoms with E-state index in [0.29, 0.717) is 30.8 Å². The van der Waals surface area contributed by atoms with E-state index in [1.54, 1.807) is 4.90 Å². The van der Waals surface area contributed by atoms with Crippen LogP contribution in [0.15, 0.2) is 127 Å². The molecule has 0 bridgehead atoms. The van der Waals surface area contributed by atoms with Crippen molar-refractivity contribution in [3.8, 4) is 11.1 Å². The first-order chi connectivity index (χ1) is 27.7. The van der Waals surface area contributed by atoms with Crippen molar-refractivity contribution in [1.29, 1.82) is 0 Å². The Kier molecular flexibility index (Phi) is 12.5. The highest BCUT2D eigenvalue weighted by molar-refractivity contribution is 6.30. The molecule has 5 aromatic rings. The summed E-state index contributed by atoms with van der Waals surface area (Å²) in [5.74, 6) is -0.766. The minimum Gasteiger partial charge on any atom is -0.465 e. The molecule has 1 fully saturated rings. The lowest BCUT2D eigenvalue weighted by Gasteiger charge is -2.28. The number of carbonyl (C=O) groups is 4. The number of nitrogens with one attached hydrogen (secondary N) is 3. The fourth-order valence-electron chi connectivity index (χ4n) is 7.98. The predicted molar refractivity (Wildman–Crippen MR) is 219 cm³/mol. The number of benzene rings is 5. The number of likely N-dealkylation sites (tertiary alicyclic amines) is 1. The Hall–Kier alpha value is -6.13. The maximum atomic E-state index is 14.1. The van der Waals surface area contributed by atoms with E-state index in [0.717, 1.165) is 33.4 Å². The number of alkyl carbamates (subject to hydrolysis) is 1. The van der Waals surface area contributed by atoms with Gasteiger partial charge in [-0.2, -0.15) is 0 Å². The van der Waals surface area contributed by atoms with Crippen LogP contribution >= 0.6 is 11.6 Å². The maximum Gasteiger partial charge on any atom is 0.407 e. The van der Waals surface area contributed by atoms with Crippen molar-refractivity contribution in [1.82, 2.24) is 20.9 Å². The average molecular weight is 785 g/mol.